The summed E-state index contributed by atoms with van der Waals surface area (Å²) in [5, 5.41) is 3.09. The van der Waals surface area contributed by atoms with Crippen molar-refractivity contribution in [2.24, 2.45) is 0 Å². The molecule has 0 aliphatic heterocycles. The number of pyridine rings is 1. The van der Waals surface area contributed by atoms with Gasteiger partial charge in [-0.3, -0.25) is 4.98 Å². The van der Waals surface area contributed by atoms with Crippen molar-refractivity contribution in [3.8, 4) is 0 Å². The standard InChI is InChI=1S/C15H20N2/c1-6-13(10-14(7-2)16-5)15-9-8-11(3)12(4)17-15/h6-10,16H,2H2,1,3-5H3/b13-6+,14-10+. The van der Waals surface area contributed by atoms with Gasteiger partial charge in [0.05, 0.1) is 5.69 Å². The Labute approximate surface area is 104 Å². The minimum atomic E-state index is 0.984. The molecule has 0 spiro atoms. The van der Waals surface area contributed by atoms with E-state index in [9.17, 15) is 0 Å². The molecule has 0 aliphatic carbocycles. The van der Waals surface area contributed by atoms with Crippen LogP contribution in [-0.2, 0) is 0 Å². The van der Waals surface area contributed by atoms with E-state index in [0.717, 1.165) is 22.7 Å². The molecule has 2 heteroatoms. The maximum absolute atomic E-state index is 4.59. The quantitative estimate of drug-likeness (QED) is 0.799. The van der Waals surface area contributed by atoms with Gasteiger partial charge in [-0.25, -0.2) is 0 Å². The summed E-state index contributed by atoms with van der Waals surface area (Å²) >= 11 is 0. The summed E-state index contributed by atoms with van der Waals surface area (Å²) in [6.45, 7) is 9.88. The molecule has 0 atom stereocenters. The first kappa shape index (κ1) is 13.2. The van der Waals surface area contributed by atoms with Crippen LogP contribution in [0, 0.1) is 13.8 Å². The average molecular weight is 228 g/mol. The highest BCUT2D eigenvalue weighted by Crippen LogP contribution is 2.17. The number of rotatable bonds is 4. The molecule has 1 aromatic rings. The largest absolute Gasteiger partial charge is 0.388 e. The van der Waals surface area contributed by atoms with Crippen molar-refractivity contribution >= 4 is 5.57 Å². The van der Waals surface area contributed by atoms with Gasteiger partial charge in [0, 0.05) is 18.4 Å². The Morgan fingerprint density at radius 2 is 2.06 bits per heavy atom. The summed E-state index contributed by atoms with van der Waals surface area (Å²) < 4.78 is 0. The summed E-state index contributed by atoms with van der Waals surface area (Å²) in [6.07, 6.45) is 5.90. The van der Waals surface area contributed by atoms with Gasteiger partial charge in [-0.15, -0.1) is 0 Å². The Morgan fingerprint density at radius 1 is 1.35 bits per heavy atom. The van der Waals surface area contributed by atoms with E-state index in [1.54, 1.807) is 6.08 Å². The van der Waals surface area contributed by atoms with Gasteiger partial charge in [0.2, 0.25) is 0 Å². The molecule has 0 aliphatic rings. The third-order valence-corrected chi connectivity index (χ3v) is 2.78. The minimum Gasteiger partial charge on any atom is -0.388 e. The van der Waals surface area contributed by atoms with Gasteiger partial charge in [-0.05, 0) is 50.1 Å². The number of allylic oxidation sites excluding steroid dienone is 4. The number of hydrogen-bond donors (Lipinski definition) is 1. The second-order valence-corrected chi connectivity index (χ2v) is 3.90. The van der Waals surface area contributed by atoms with Gasteiger partial charge in [0.1, 0.15) is 0 Å². The van der Waals surface area contributed by atoms with Crippen molar-refractivity contribution < 1.29 is 0 Å². The van der Waals surface area contributed by atoms with E-state index in [1.807, 2.05) is 33.0 Å². The molecule has 1 rings (SSSR count). The maximum atomic E-state index is 4.59. The highest BCUT2D eigenvalue weighted by Gasteiger charge is 2.02. The van der Waals surface area contributed by atoms with E-state index in [-0.39, 0.29) is 0 Å². The molecule has 1 heterocycles. The topological polar surface area (TPSA) is 24.9 Å². The molecule has 0 bridgehead atoms. The van der Waals surface area contributed by atoms with E-state index in [0.29, 0.717) is 0 Å². The summed E-state index contributed by atoms with van der Waals surface area (Å²) in [5.41, 5.74) is 5.35. The van der Waals surface area contributed by atoms with Gasteiger partial charge in [-0.2, -0.15) is 0 Å². The lowest BCUT2D eigenvalue weighted by molar-refractivity contribution is 1.03. The fourth-order valence-corrected chi connectivity index (χ4v) is 1.50. The van der Waals surface area contributed by atoms with Crippen LogP contribution in [0.3, 0.4) is 0 Å². The summed E-state index contributed by atoms with van der Waals surface area (Å²) in [5.74, 6) is 0. The molecule has 0 aromatic carbocycles. The van der Waals surface area contributed by atoms with Crippen LogP contribution in [0.25, 0.3) is 5.57 Å². The lowest BCUT2D eigenvalue weighted by atomic mass is 10.1. The summed E-state index contributed by atoms with van der Waals surface area (Å²) in [4.78, 5) is 4.59. The first-order valence-electron chi connectivity index (χ1n) is 5.75. The number of aromatic nitrogens is 1. The molecule has 0 saturated heterocycles. The van der Waals surface area contributed by atoms with Crippen molar-refractivity contribution in [3.05, 3.63) is 59.6 Å². The normalized spacial score (nSPS) is 12.5. The van der Waals surface area contributed by atoms with Crippen LogP contribution in [0.2, 0.25) is 0 Å². The van der Waals surface area contributed by atoms with Crippen molar-refractivity contribution in [1.82, 2.24) is 10.3 Å². The summed E-state index contributed by atoms with van der Waals surface area (Å²) in [7, 11) is 1.88. The van der Waals surface area contributed by atoms with Crippen LogP contribution in [0.4, 0.5) is 0 Å². The molecular formula is C15H20N2. The summed E-state index contributed by atoms with van der Waals surface area (Å²) in [6, 6.07) is 4.15. The van der Waals surface area contributed by atoms with Gasteiger partial charge in [0.25, 0.3) is 0 Å². The number of aryl methyl sites for hydroxylation is 2. The van der Waals surface area contributed by atoms with Crippen molar-refractivity contribution in [2.75, 3.05) is 7.05 Å². The van der Waals surface area contributed by atoms with Gasteiger partial charge in [-0.1, -0.05) is 18.7 Å². The van der Waals surface area contributed by atoms with Crippen LogP contribution in [0.15, 0.2) is 42.6 Å². The smallest absolute Gasteiger partial charge is 0.0702 e. The van der Waals surface area contributed by atoms with Crippen molar-refractivity contribution in [3.63, 3.8) is 0 Å². The first-order chi connectivity index (χ1) is 8.12. The number of nitrogens with one attached hydrogen (secondary N) is 1. The van der Waals surface area contributed by atoms with Crippen molar-refractivity contribution in [2.45, 2.75) is 20.8 Å². The SMILES string of the molecule is C=C/C(=C\C(=C/C)c1ccc(C)c(C)n1)NC. The maximum Gasteiger partial charge on any atom is 0.0702 e. The molecule has 0 fully saturated rings. The second kappa shape index (κ2) is 6.04. The molecule has 1 N–H and O–H groups in total. The Balaban J connectivity index is 3.15. The molecule has 2 nitrogen and oxygen atoms in total. The molecule has 0 amide bonds. The van der Waals surface area contributed by atoms with Gasteiger partial charge >= 0.3 is 0 Å². The first-order valence-corrected chi connectivity index (χ1v) is 5.75. The zero-order valence-corrected chi connectivity index (χ0v) is 11.0. The van der Waals surface area contributed by atoms with E-state index in [2.05, 4.69) is 35.9 Å². The number of likely N-dealkylation sites (N-methyl/N-ethyl adjacent to an activating group) is 1. The van der Waals surface area contributed by atoms with Gasteiger partial charge < -0.3 is 5.32 Å². The monoisotopic (exact) mass is 228 g/mol. The third kappa shape index (κ3) is 3.31. The molecule has 0 radical (unpaired) electrons. The van der Waals surface area contributed by atoms with Crippen LogP contribution in [-0.4, -0.2) is 12.0 Å². The molecule has 90 valence electrons. The third-order valence-electron chi connectivity index (χ3n) is 2.78. The Hall–Kier alpha value is -1.83. The molecule has 0 unspecified atom stereocenters. The predicted octanol–water partition coefficient (Wildman–Crippen LogP) is 3.39. The van der Waals surface area contributed by atoms with E-state index < -0.39 is 0 Å². The number of hydrogen-bond acceptors (Lipinski definition) is 2. The van der Waals surface area contributed by atoms with E-state index in [1.165, 1.54) is 5.56 Å². The molecular weight excluding hydrogens is 208 g/mol. The molecule has 1 aromatic heterocycles. The average Bonchev–Trinajstić information content (AvgIpc) is 2.35. The van der Waals surface area contributed by atoms with Crippen LogP contribution in [0.5, 0.6) is 0 Å². The Kier molecular flexibility index (Phi) is 4.70. The van der Waals surface area contributed by atoms with Crippen LogP contribution >= 0.6 is 0 Å². The van der Waals surface area contributed by atoms with Crippen LogP contribution < -0.4 is 5.32 Å². The lowest BCUT2D eigenvalue weighted by Crippen LogP contribution is -2.03. The highest BCUT2D eigenvalue weighted by atomic mass is 14.8. The lowest BCUT2D eigenvalue weighted by Gasteiger charge is -2.07. The number of nitrogens with zero attached hydrogens (tertiary/aromatic N) is 1. The molecule has 0 saturated carbocycles. The van der Waals surface area contributed by atoms with Gasteiger partial charge in [0.15, 0.2) is 0 Å². The van der Waals surface area contributed by atoms with E-state index >= 15 is 0 Å². The molecule has 17 heavy (non-hydrogen) atoms. The Morgan fingerprint density at radius 3 is 2.53 bits per heavy atom. The minimum absolute atomic E-state index is 0.984. The highest BCUT2D eigenvalue weighted by molar-refractivity contribution is 5.72. The second-order valence-electron chi connectivity index (χ2n) is 3.90. The Bertz CT molecular complexity index is 468. The van der Waals surface area contributed by atoms with Crippen molar-refractivity contribution in [1.29, 1.82) is 0 Å². The zero-order chi connectivity index (χ0) is 12.8. The zero-order valence-electron chi connectivity index (χ0n) is 11.0. The fourth-order valence-electron chi connectivity index (χ4n) is 1.50. The predicted molar refractivity (Wildman–Crippen MR) is 74.7 cm³/mol. The van der Waals surface area contributed by atoms with E-state index in [4.69, 9.17) is 0 Å². The van der Waals surface area contributed by atoms with Crippen LogP contribution in [0.1, 0.15) is 23.9 Å². The fraction of sp³-hybridized carbons (Fsp3) is 0.267.